The molecule has 1 fully saturated rings. The van der Waals surface area contributed by atoms with E-state index in [0.717, 1.165) is 35.2 Å². The molecule has 2 amide bonds. The number of hydrogen-bond donors (Lipinski definition) is 1. The van der Waals surface area contributed by atoms with Crippen molar-refractivity contribution in [3.05, 3.63) is 76.4 Å². The minimum Gasteiger partial charge on any atom is -0.374 e. The predicted molar refractivity (Wildman–Crippen MR) is 151 cm³/mol. The van der Waals surface area contributed by atoms with Crippen LogP contribution in [0.5, 0.6) is 0 Å². The van der Waals surface area contributed by atoms with Crippen LogP contribution in [0.25, 0.3) is 10.4 Å². The van der Waals surface area contributed by atoms with Gasteiger partial charge in [-0.05, 0) is 48.4 Å². The second-order valence-corrected chi connectivity index (χ2v) is 11.4. The van der Waals surface area contributed by atoms with Gasteiger partial charge in [-0.15, -0.1) is 11.3 Å². The van der Waals surface area contributed by atoms with Crippen LogP contribution in [0.15, 0.2) is 54.0 Å². The molecule has 8 heteroatoms. The van der Waals surface area contributed by atoms with Crippen molar-refractivity contribution in [1.29, 1.82) is 0 Å². The van der Waals surface area contributed by atoms with Gasteiger partial charge in [0.1, 0.15) is 6.04 Å². The molecule has 192 valence electrons. The summed E-state index contributed by atoms with van der Waals surface area (Å²) in [6.45, 7) is 7.79. The van der Waals surface area contributed by atoms with Crippen molar-refractivity contribution < 1.29 is 9.59 Å². The van der Waals surface area contributed by atoms with Gasteiger partial charge in [-0.3, -0.25) is 9.59 Å². The number of amides is 2. The van der Waals surface area contributed by atoms with Crippen LogP contribution in [0, 0.1) is 12.8 Å². The normalized spacial score (nSPS) is 17.8. The topological polar surface area (TPSA) is 65.5 Å². The highest BCUT2D eigenvalue weighted by Crippen LogP contribution is 2.30. The highest BCUT2D eigenvalue weighted by Gasteiger charge is 2.43. The molecular weight excluding hydrogens is 500 g/mol. The molecule has 0 aliphatic carbocycles. The van der Waals surface area contributed by atoms with Crippen LogP contribution < -0.4 is 5.32 Å². The fourth-order valence-electron chi connectivity index (χ4n) is 5.41. The molecular formula is C29H32N4O2S2. The Morgan fingerprint density at radius 1 is 1.19 bits per heavy atom. The Kier molecular flexibility index (Phi) is 7.40. The number of carbonyl (C=O) groups excluding carboxylic acids is 2. The summed E-state index contributed by atoms with van der Waals surface area (Å²) in [7, 11) is 0. The fraction of sp³-hybridized carbons (Fsp3) is 0.379. The molecule has 0 bridgehead atoms. The number of carbonyl (C=O) groups is 2. The monoisotopic (exact) mass is 532 g/mol. The number of nitrogens with zero attached hydrogens (tertiary/aromatic N) is 3. The number of hydrogen-bond acceptors (Lipinski definition) is 5. The molecule has 2 aliphatic rings. The van der Waals surface area contributed by atoms with Gasteiger partial charge in [0.15, 0.2) is 0 Å². The van der Waals surface area contributed by atoms with Crippen LogP contribution in [-0.4, -0.2) is 50.2 Å². The predicted octanol–water partition coefficient (Wildman–Crippen LogP) is 5.21. The number of likely N-dealkylation sites (tertiary alicyclic amines) is 1. The van der Waals surface area contributed by atoms with E-state index in [1.54, 1.807) is 16.2 Å². The minimum absolute atomic E-state index is 0.00533. The van der Waals surface area contributed by atoms with E-state index < -0.39 is 6.04 Å². The van der Waals surface area contributed by atoms with Gasteiger partial charge < -0.3 is 15.1 Å². The number of thiazole rings is 1. The van der Waals surface area contributed by atoms with Crippen molar-refractivity contribution in [2.45, 2.75) is 58.8 Å². The van der Waals surface area contributed by atoms with Gasteiger partial charge in [-0.1, -0.05) is 68.5 Å². The third kappa shape index (κ3) is 5.05. The van der Waals surface area contributed by atoms with E-state index in [1.165, 1.54) is 4.88 Å². The lowest BCUT2D eigenvalue weighted by Gasteiger charge is -2.35. The maximum Gasteiger partial charge on any atom is 0.255 e. The smallest absolute Gasteiger partial charge is 0.255 e. The molecule has 6 nitrogen and oxygen atoms in total. The summed E-state index contributed by atoms with van der Waals surface area (Å²) in [5, 5.41) is 3.40. The Labute approximate surface area is 227 Å². The van der Waals surface area contributed by atoms with Gasteiger partial charge in [0.05, 0.1) is 27.1 Å². The molecule has 0 saturated carbocycles. The van der Waals surface area contributed by atoms with E-state index in [2.05, 4.69) is 34.6 Å². The lowest BCUT2D eigenvalue weighted by atomic mass is 10.0. The van der Waals surface area contributed by atoms with Gasteiger partial charge in [0.25, 0.3) is 5.91 Å². The number of benzene rings is 2. The first-order chi connectivity index (χ1) is 17.8. The lowest BCUT2D eigenvalue weighted by Crippen LogP contribution is -2.55. The molecule has 2 aromatic carbocycles. The first-order valence-electron chi connectivity index (χ1n) is 12.8. The second kappa shape index (κ2) is 10.7. The fourth-order valence-corrected chi connectivity index (χ4v) is 6.54. The van der Waals surface area contributed by atoms with Gasteiger partial charge in [0.2, 0.25) is 5.91 Å². The SMILES string of the molecule is Cc1ncsc1-c1ccc(CNC(=S)C2CCCN2C(=O)C(C(C)C)N2Cc3ccccc3C2=O)cc1. The molecule has 2 atom stereocenters. The number of aromatic nitrogens is 1. The Balaban J connectivity index is 1.25. The third-order valence-corrected chi connectivity index (χ3v) is 8.73. The summed E-state index contributed by atoms with van der Waals surface area (Å²) >= 11 is 7.44. The number of fused-ring (bicyclic) bond motifs is 1. The van der Waals surface area contributed by atoms with Crippen molar-refractivity contribution in [3.8, 4) is 10.4 Å². The van der Waals surface area contributed by atoms with Crippen molar-refractivity contribution in [2.24, 2.45) is 5.92 Å². The zero-order valence-corrected chi connectivity index (χ0v) is 23.1. The van der Waals surface area contributed by atoms with Gasteiger partial charge in [-0.25, -0.2) is 4.98 Å². The van der Waals surface area contributed by atoms with Crippen molar-refractivity contribution in [3.63, 3.8) is 0 Å². The van der Waals surface area contributed by atoms with E-state index in [9.17, 15) is 9.59 Å². The first-order valence-corrected chi connectivity index (χ1v) is 14.1. The second-order valence-electron chi connectivity index (χ2n) is 10.2. The van der Waals surface area contributed by atoms with Crippen LogP contribution in [0.3, 0.4) is 0 Å². The van der Waals surface area contributed by atoms with E-state index in [4.69, 9.17) is 12.2 Å². The lowest BCUT2D eigenvalue weighted by molar-refractivity contribution is -0.137. The molecule has 3 heterocycles. The van der Waals surface area contributed by atoms with E-state index in [1.807, 2.05) is 55.4 Å². The van der Waals surface area contributed by atoms with Crippen molar-refractivity contribution in [2.75, 3.05) is 6.54 Å². The highest BCUT2D eigenvalue weighted by atomic mass is 32.1. The van der Waals surface area contributed by atoms with E-state index >= 15 is 0 Å². The zero-order chi connectivity index (χ0) is 26.1. The summed E-state index contributed by atoms with van der Waals surface area (Å²) < 4.78 is 0. The summed E-state index contributed by atoms with van der Waals surface area (Å²) in [4.78, 5) is 36.9. The van der Waals surface area contributed by atoms with Crippen molar-refractivity contribution >= 4 is 40.4 Å². The summed E-state index contributed by atoms with van der Waals surface area (Å²) in [6.07, 6.45) is 1.74. The quantitative estimate of drug-likeness (QED) is 0.424. The minimum atomic E-state index is -0.508. The van der Waals surface area contributed by atoms with Gasteiger partial charge in [-0.2, -0.15) is 0 Å². The zero-order valence-electron chi connectivity index (χ0n) is 21.4. The molecule has 3 aromatic rings. The molecule has 1 saturated heterocycles. The Bertz CT molecular complexity index is 1320. The maximum absolute atomic E-state index is 13.9. The van der Waals surface area contributed by atoms with Gasteiger partial charge in [0, 0.05) is 25.2 Å². The van der Waals surface area contributed by atoms with Crippen molar-refractivity contribution in [1.82, 2.24) is 20.1 Å². The molecule has 2 unspecified atom stereocenters. The molecule has 37 heavy (non-hydrogen) atoms. The Morgan fingerprint density at radius 3 is 2.62 bits per heavy atom. The van der Waals surface area contributed by atoms with Crippen LogP contribution in [-0.2, 0) is 17.9 Å². The molecule has 1 N–H and O–H groups in total. The third-order valence-electron chi connectivity index (χ3n) is 7.34. The summed E-state index contributed by atoms with van der Waals surface area (Å²) in [6, 6.07) is 15.4. The maximum atomic E-state index is 13.9. The molecule has 1 aromatic heterocycles. The summed E-state index contributed by atoms with van der Waals surface area (Å²) in [5.74, 6) is -0.0719. The van der Waals surface area contributed by atoms with Crippen LogP contribution in [0.1, 0.15) is 53.9 Å². The van der Waals surface area contributed by atoms with Crippen LogP contribution in [0.4, 0.5) is 0 Å². The molecule has 0 spiro atoms. The molecule has 2 aliphatic heterocycles. The van der Waals surface area contributed by atoms with Crippen LogP contribution >= 0.6 is 23.6 Å². The Hall–Kier alpha value is -3.10. The molecule has 5 rings (SSSR count). The number of rotatable bonds is 7. The number of thiocarbonyl (C=S) groups is 1. The average Bonchev–Trinajstić information content (AvgIpc) is 3.63. The first kappa shape index (κ1) is 25.5. The highest BCUT2D eigenvalue weighted by molar-refractivity contribution is 7.80. The number of nitrogens with one attached hydrogen (secondary N) is 1. The number of aryl methyl sites for hydroxylation is 1. The molecule has 0 radical (unpaired) electrons. The standard InChI is InChI=1S/C29H32N4O2S2/c1-18(2)25(33-16-22-7-4-5-8-23(22)28(33)34)29(35)32-14-6-9-24(32)27(36)30-15-20-10-12-21(13-11-20)26-19(3)31-17-37-26/h4-5,7-8,10-13,17-18,24-25H,6,9,14-16H2,1-3H3,(H,30,36). The van der Waals surface area contributed by atoms with Gasteiger partial charge >= 0.3 is 0 Å². The summed E-state index contributed by atoms with van der Waals surface area (Å²) in [5.41, 5.74) is 6.89. The van der Waals surface area contributed by atoms with Crippen LogP contribution in [0.2, 0.25) is 0 Å². The van der Waals surface area contributed by atoms with E-state index in [-0.39, 0.29) is 23.8 Å². The average molecular weight is 533 g/mol. The Morgan fingerprint density at radius 2 is 1.95 bits per heavy atom. The largest absolute Gasteiger partial charge is 0.374 e. The van der Waals surface area contributed by atoms with E-state index in [0.29, 0.717) is 30.2 Å².